The van der Waals surface area contributed by atoms with Crippen LogP contribution >= 0.6 is 11.6 Å². The molecule has 0 aliphatic carbocycles. The molecule has 1 aromatic carbocycles. The number of carbonyl (C=O) groups is 1. The summed E-state index contributed by atoms with van der Waals surface area (Å²) < 4.78 is 18.1. The first-order valence-electron chi connectivity index (χ1n) is 5.29. The summed E-state index contributed by atoms with van der Waals surface area (Å²) in [7, 11) is 1.38. The van der Waals surface area contributed by atoms with Crippen LogP contribution < -0.4 is 10.1 Å². The third kappa shape index (κ3) is 3.89. The Morgan fingerprint density at radius 2 is 2.29 bits per heavy atom. The highest BCUT2D eigenvalue weighted by Crippen LogP contribution is 2.17. The van der Waals surface area contributed by atoms with Gasteiger partial charge >= 0.3 is 0 Å². The molecular weight excluding hydrogens is 245 g/mol. The molecule has 0 radical (unpaired) electrons. The van der Waals surface area contributed by atoms with Crippen LogP contribution in [0.4, 0.5) is 4.39 Å². The van der Waals surface area contributed by atoms with E-state index in [2.05, 4.69) is 5.32 Å². The van der Waals surface area contributed by atoms with Crippen molar-refractivity contribution in [1.29, 1.82) is 0 Å². The fourth-order valence-electron chi connectivity index (χ4n) is 1.35. The second-order valence-corrected chi connectivity index (χ2v) is 4.08. The maximum Gasteiger partial charge on any atom is 0.251 e. The Balaban J connectivity index is 2.72. The monoisotopic (exact) mass is 259 g/mol. The highest BCUT2D eigenvalue weighted by molar-refractivity contribution is 6.17. The van der Waals surface area contributed by atoms with E-state index >= 15 is 0 Å². The summed E-state index contributed by atoms with van der Waals surface area (Å²) in [5, 5.41) is 2.73. The summed E-state index contributed by atoms with van der Waals surface area (Å²) in [6.45, 7) is 1.85. The lowest BCUT2D eigenvalue weighted by Crippen LogP contribution is -2.32. The average Bonchev–Trinajstić information content (AvgIpc) is 2.29. The fraction of sp³-hybridized carbons (Fsp3) is 0.417. The van der Waals surface area contributed by atoms with Crippen LogP contribution in [0.15, 0.2) is 18.2 Å². The van der Waals surface area contributed by atoms with Gasteiger partial charge in [-0.2, -0.15) is 0 Å². The number of amides is 1. The number of benzene rings is 1. The lowest BCUT2D eigenvalue weighted by Gasteiger charge is -2.12. The molecule has 0 fully saturated rings. The van der Waals surface area contributed by atoms with Gasteiger partial charge in [0.05, 0.1) is 7.11 Å². The largest absolute Gasteiger partial charge is 0.494 e. The Labute approximate surface area is 105 Å². The molecule has 5 heteroatoms. The number of methoxy groups -OCH3 is 1. The van der Waals surface area contributed by atoms with Gasteiger partial charge in [0.1, 0.15) is 0 Å². The third-order valence-corrected chi connectivity index (χ3v) is 2.55. The van der Waals surface area contributed by atoms with Crippen LogP contribution in [0.1, 0.15) is 23.7 Å². The van der Waals surface area contributed by atoms with Crippen LogP contribution in [-0.4, -0.2) is 24.9 Å². The Morgan fingerprint density at radius 3 is 2.82 bits per heavy atom. The maximum atomic E-state index is 13.4. The van der Waals surface area contributed by atoms with Crippen molar-refractivity contribution in [2.75, 3.05) is 13.0 Å². The number of hydrogen-bond acceptors (Lipinski definition) is 2. The van der Waals surface area contributed by atoms with Crippen LogP contribution in [-0.2, 0) is 0 Å². The van der Waals surface area contributed by atoms with E-state index in [1.54, 1.807) is 0 Å². The van der Waals surface area contributed by atoms with E-state index < -0.39 is 5.82 Å². The zero-order chi connectivity index (χ0) is 12.8. The summed E-state index contributed by atoms with van der Waals surface area (Å²) >= 11 is 5.56. The van der Waals surface area contributed by atoms with Crippen molar-refractivity contribution in [3.63, 3.8) is 0 Å². The van der Waals surface area contributed by atoms with Crippen LogP contribution in [0, 0.1) is 5.82 Å². The van der Waals surface area contributed by atoms with E-state index in [1.807, 2.05) is 6.92 Å². The van der Waals surface area contributed by atoms with Gasteiger partial charge in [0.2, 0.25) is 0 Å². The first-order chi connectivity index (χ1) is 8.08. The third-order valence-electron chi connectivity index (χ3n) is 2.33. The molecule has 1 aromatic rings. The van der Waals surface area contributed by atoms with Gasteiger partial charge in [0, 0.05) is 17.5 Å². The second kappa shape index (κ2) is 6.45. The van der Waals surface area contributed by atoms with E-state index in [9.17, 15) is 9.18 Å². The van der Waals surface area contributed by atoms with E-state index in [-0.39, 0.29) is 23.3 Å². The molecule has 0 saturated heterocycles. The summed E-state index contributed by atoms with van der Waals surface area (Å²) in [6.07, 6.45) is 0.673. The lowest BCUT2D eigenvalue weighted by molar-refractivity contribution is 0.0939. The van der Waals surface area contributed by atoms with Crippen molar-refractivity contribution in [2.24, 2.45) is 0 Å². The lowest BCUT2D eigenvalue weighted by atomic mass is 10.1. The first kappa shape index (κ1) is 13.8. The molecule has 1 amide bonds. The molecule has 1 unspecified atom stereocenters. The molecule has 1 rings (SSSR count). The topological polar surface area (TPSA) is 38.3 Å². The van der Waals surface area contributed by atoms with Crippen molar-refractivity contribution >= 4 is 17.5 Å². The van der Waals surface area contributed by atoms with Gasteiger partial charge in [-0.1, -0.05) is 0 Å². The number of nitrogens with one attached hydrogen (secondary N) is 1. The van der Waals surface area contributed by atoms with E-state index in [0.717, 1.165) is 6.07 Å². The number of alkyl halides is 1. The predicted octanol–water partition coefficient (Wildman–Crippen LogP) is 2.58. The van der Waals surface area contributed by atoms with Gasteiger partial charge in [-0.25, -0.2) is 4.39 Å². The van der Waals surface area contributed by atoms with Crippen LogP contribution in [0.2, 0.25) is 0 Å². The van der Waals surface area contributed by atoms with Gasteiger partial charge in [0.15, 0.2) is 11.6 Å². The van der Waals surface area contributed by atoms with Gasteiger partial charge in [0.25, 0.3) is 5.91 Å². The van der Waals surface area contributed by atoms with Crippen molar-refractivity contribution in [1.82, 2.24) is 5.32 Å². The molecule has 0 aliphatic rings. The van der Waals surface area contributed by atoms with Crippen LogP contribution in [0.5, 0.6) is 5.75 Å². The van der Waals surface area contributed by atoms with Crippen molar-refractivity contribution < 1.29 is 13.9 Å². The number of ether oxygens (including phenoxy) is 1. The number of halogens is 2. The predicted molar refractivity (Wildman–Crippen MR) is 65.2 cm³/mol. The van der Waals surface area contributed by atoms with Crippen molar-refractivity contribution in [2.45, 2.75) is 19.4 Å². The normalized spacial score (nSPS) is 12.0. The zero-order valence-corrected chi connectivity index (χ0v) is 10.6. The highest BCUT2D eigenvalue weighted by Gasteiger charge is 2.12. The van der Waals surface area contributed by atoms with E-state index in [0.29, 0.717) is 12.3 Å². The second-order valence-electron chi connectivity index (χ2n) is 3.70. The summed E-state index contributed by atoms with van der Waals surface area (Å²) in [5.74, 6) is -0.275. The molecule has 0 aromatic heterocycles. The molecule has 0 heterocycles. The van der Waals surface area contributed by atoms with Crippen LogP contribution in [0.25, 0.3) is 0 Å². The van der Waals surface area contributed by atoms with E-state index in [1.165, 1.54) is 19.2 Å². The minimum absolute atomic E-state index is 0.0369. The van der Waals surface area contributed by atoms with Gasteiger partial charge in [-0.15, -0.1) is 11.6 Å². The maximum absolute atomic E-state index is 13.4. The Hall–Kier alpha value is -1.29. The number of carbonyl (C=O) groups excluding carboxylic acids is 1. The fourth-order valence-corrected chi connectivity index (χ4v) is 1.68. The van der Waals surface area contributed by atoms with E-state index in [4.69, 9.17) is 16.3 Å². The molecule has 0 spiro atoms. The zero-order valence-electron chi connectivity index (χ0n) is 9.80. The molecule has 3 nitrogen and oxygen atoms in total. The average molecular weight is 260 g/mol. The van der Waals surface area contributed by atoms with Crippen LogP contribution in [0.3, 0.4) is 0 Å². The van der Waals surface area contributed by atoms with Crippen molar-refractivity contribution in [3.05, 3.63) is 29.6 Å². The molecule has 0 bridgehead atoms. The highest BCUT2D eigenvalue weighted by atomic mass is 35.5. The molecule has 0 aliphatic heterocycles. The Morgan fingerprint density at radius 1 is 1.59 bits per heavy atom. The minimum Gasteiger partial charge on any atom is -0.494 e. The SMILES string of the molecule is COc1ccc(C(=O)NC(C)CCCl)cc1F. The van der Waals surface area contributed by atoms with Crippen molar-refractivity contribution in [3.8, 4) is 5.75 Å². The van der Waals surface area contributed by atoms with Gasteiger partial charge < -0.3 is 10.1 Å². The Bertz CT molecular complexity index is 398. The van der Waals surface area contributed by atoms with Gasteiger partial charge in [-0.05, 0) is 31.5 Å². The molecule has 1 N–H and O–H groups in total. The number of hydrogen-bond donors (Lipinski definition) is 1. The Kier molecular flexibility index (Phi) is 5.22. The number of rotatable bonds is 5. The summed E-state index contributed by atoms with van der Waals surface area (Å²) in [5.41, 5.74) is 0.268. The summed E-state index contributed by atoms with van der Waals surface area (Å²) in [4.78, 5) is 11.7. The standard InChI is InChI=1S/C12H15ClFNO2/c1-8(5-6-13)15-12(16)9-3-4-11(17-2)10(14)7-9/h3-4,7-8H,5-6H2,1-2H3,(H,15,16). The molecule has 0 saturated carbocycles. The first-order valence-corrected chi connectivity index (χ1v) is 5.82. The quantitative estimate of drug-likeness (QED) is 0.826. The molecule has 17 heavy (non-hydrogen) atoms. The van der Waals surface area contributed by atoms with Gasteiger partial charge in [-0.3, -0.25) is 4.79 Å². The molecular formula is C12H15ClFNO2. The smallest absolute Gasteiger partial charge is 0.251 e. The minimum atomic E-state index is -0.551. The summed E-state index contributed by atoms with van der Waals surface area (Å²) in [6, 6.07) is 4.06. The molecule has 1 atom stereocenters. The molecule has 94 valence electrons.